The van der Waals surface area contributed by atoms with Crippen LogP contribution < -0.4 is 5.32 Å². The van der Waals surface area contributed by atoms with Gasteiger partial charge in [-0.3, -0.25) is 0 Å². The average Bonchev–Trinajstić information content (AvgIpc) is 2.37. The van der Waals surface area contributed by atoms with E-state index in [2.05, 4.69) is 5.32 Å². The van der Waals surface area contributed by atoms with Gasteiger partial charge in [0, 0.05) is 0 Å². The van der Waals surface area contributed by atoms with Gasteiger partial charge in [0.2, 0.25) is 0 Å². The molecule has 0 spiro atoms. The second kappa shape index (κ2) is 5.61. The summed E-state index contributed by atoms with van der Waals surface area (Å²) in [4.78, 5) is 0. The lowest BCUT2D eigenvalue weighted by Crippen LogP contribution is -2.43. The zero-order chi connectivity index (χ0) is 13.9. The van der Waals surface area contributed by atoms with Crippen molar-refractivity contribution in [2.45, 2.75) is 25.6 Å². The van der Waals surface area contributed by atoms with Crippen molar-refractivity contribution in [2.75, 3.05) is 6.54 Å². The first kappa shape index (κ1) is 13.9. The average molecular weight is 267 g/mol. The van der Waals surface area contributed by atoms with Gasteiger partial charge in [-0.15, -0.1) is 0 Å². The summed E-state index contributed by atoms with van der Waals surface area (Å²) < 4.78 is 38.8. The fourth-order valence-corrected chi connectivity index (χ4v) is 2.24. The lowest BCUT2D eigenvalue weighted by Gasteiger charge is -2.21. The molecule has 1 unspecified atom stereocenters. The van der Waals surface area contributed by atoms with Crippen molar-refractivity contribution >= 4 is 10.8 Å². The van der Waals surface area contributed by atoms with Crippen LogP contribution in [0.4, 0.5) is 13.2 Å². The highest BCUT2D eigenvalue weighted by Gasteiger charge is 2.38. The molecule has 0 amide bonds. The van der Waals surface area contributed by atoms with E-state index < -0.39 is 12.2 Å². The van der Waals surface area contributed by atoms with E-state index >= 15 is 0 Å². The van der Waals surface area contributed by atoms with Crippen molar-refractivity contribution in [2.24, 2.45) is 0 Å². The van der Waals surface area contributed by atoms with Crippen LogP contribution >= 0.6 is 0 Å². The standard InChI is InChI=1S/C15H16F3N/c1-2-19-14(15(16,17)18)10-12-8-5-7-11-6-3-4-9-13(11)12/h3-9,14,19H,2,10H2,1H3. The van der Waals surface area contributed by atoms with Crippen LogP contribution in [-0.4, -0.2) is 18.8 Å². The van der Waals surface area contributed by atoms with Crippen molar-refractivity contribution in [1.82, 2.24) is 5.32 Å². The van der Waals surface area contributed by atoms with E-state index in [1.165, 1.54) is 0 Å². The quantitative estimate of drug-likeness (QED) is 0.885. The van der Waals surface area contributed by atoms with Crippen molar-refractivity contribution in [3.8, 4) is 0 Å². The molecule has 0 aromatic heterocycles. The summed E-state index contributed by atoms with van der Waals surface area (Å²) >= 11 is 0. The molecule has 0 heterocycles. The number of hydrogen-bond acceptors (Lipinski definition) is 1. The highest BCUT2D eigenvalue weighted by atomic mass is 19.4. The number of benzene rings is 2. The Balaban J connectivity index is 2.34. The molecule has 1 nitrogen and oxygen atoms in total. The number of rotatable bonds is 4. The molecule has 0 aliphatic carbocycles. The molecule has 1 N–H and O–H groups in total. The second-order valence-electron chi connectivity index (χ2n) is 4.49. The Morgan fingerprint density at radius 1 is 1.05 bits per heavy atom. The van der Waals surface area contributed by atoms with Gasteiger partial charge >= 0.3 is 6.18 Å². The highest BCUT2D eigenvalue weighted by molar-refractivity contribution is 5.85. The lowest BCUT2D eigenvalue weighted by molar-refractivity contribution is -0.155. The fourth-order valence-electron chi connectivity index (χ4n) is 2.24. The predicted octanol–water partition coefficient (Wildman–Crippen LogP) is 3.92. The van der Waals surface area contributed by atoms with E-state index in [0.717, 1.165) is 16.3 Å². The Morgan fingerprint density at radius 3 is 2.42 bits per heavy atom. The minimum Gasteiger partial charge on any atom is -0.306 e. The zero-order valence-corrected chi connectivity index (χ0v) is 10.7. The maximum Gasteiger partial charge on any atom is 0.404 e. The molecule has 2 rings (SSSR count). The molecule has 0 bridgehead atoms. The minimum atomic E-state index is -4.23. The van der Waals surface area contributed by atoms with Crippen LogP contribution in [-0.2, 0) is 6.42 Å². The number of fused-ring (bicyclic) bond motifs is 1. The lowest BCUT2D eigenvalue weighted by atomic mass is 9.98. The van der Waals surface area contributed by atoms with E-state index in [4.69, 9.17) is 0 Å². The minimum absolute atomic E-state index is 0.0430. The number of alkyl halides is 3. The van der Waals surface area contributed by atoms with Gasteiger partial charge in [-0.25, -0.2) is 0 Å². The molecule has 0 saturated carbocycles. The molecule has 2 aromatic rings. The van der Waals surface area contributed by atoms with Crippen LogP contribution in [0.5, 0.6) is 0 Å². The maximum absolute atomic E-state index is 12.9. The molecule has 1 atom stereocenters. The molecule has 0 aliphatic rings. The van der Waals surface area contributed by atoms with Crippen LogP contribution in [0.1, 0.15) is 12.5 Å². The Hall–Kier alpha value is -1.55. The third-order valence-corrected chi connectivity index (χ3v) is 3.15. The van der Waals surface area contributed by atoms with Crippen molar-refractivity contribution in [1.29, 1.82) is 0 Å². The first-order valence-electron chi connectivity index (χ1n) is 6.29. The summed E-state index contributed by atoms with van der Waals surface area (Å²) in [6.45, 7) is 1.98. The van der Waals surface area contributed by atoms with Gasteiger partial charge in [0.1, 0.15) is 6.04 Å². The summed E-state index contributed by atoms with van der Waals surface area (Å²) in [5.41, 5.74) is 0.723. The molecular formula is C15H16F3N. The summed E-state index contributed by atoms with van der Waals surface area (Å²) in [5.74, 6) is 0. The molecule has 0 saturated heterocycles. The number of nitrogens with one attached hydrogen (secondary N) is 1. The molecule has 0 radical (unpaired) electrons. The molecule has 2 aromatic carbocycles. The number of hydrogen-bond donors (Lipinski definition) is 1. The van der Waals surface area contributed by atoms with Crippen LogP contribution in [0.3, 0.4) is 0 Å². The Morgan fingerprint density at radius 2 is 1.74 bits per heavy atom. The van der Waals surface area contributed by atoms with Crippen molar-refractivity contribution in [3.05, 3.63) is 48.0 Å². The summed E-state index contributed by atoms with van der Waals surface area (Å²) in [5, 5.41) is 4.37. The Bertz CT molecular complexity index is 543. The highest BCUT2D eigenvalue weighted by Crippen LogP contribution is 2.26. The van der Waals surface area contributed by atoms with Gasteiger partial charge in [-0.05, 0) is 29.3 Å². The monoisotopic (exact) mass is 267 g/mol. The normalized spacial score (nSPS) is 13.7. The number of halogens is 3. The van der Waals surface area contributed by atoms with E-state index in [1.54, 1.807) is 19.1 Å². The second-order valence-corrected chi connectivity index (χ2v) is 4.49. The van der Waals surface area contributed by atoms with Gasteiger partial charge in [0.05, 0.1) is 0 Å². The SMILES string of the molecule is CCNC(Cc1cccc2ccccc12)C(F)(F)F. The molecular weight excluding hydrogens is 251 g/mol. The first-order valence-corrected chi connectivity index (χ1v) is 6.29. The Labute approximate surface area is 110 Å². The summed E-state index contributed by atoms with van der Waals surface area (Å²) in [7, 11) is 0. The molecule has 4 heteroatoms. The summed E-state index contributed by atoms with van der Waals surface area (Å²) in [6.07, 6.45) is -4.27. The topological polar surface area (TPSA) is 12.0 Å². The molecule has 19 heavy (non-hydrogen) atoms. The fraction of sp³-hybridized carbons (Fsp3) is 0.333. The van der Waals surface area contributed by atoms with Gasteiger partial charge in [0.15, 0.2) is 0 Å². The summed E-state index contributed by atoms with van der Waals surface area (Å²) in [6, 6.07) is 11.5. The first-order chi connectivity index (χ1) is 9.02. The molecule has 0 fully saturated rings. The van der Waals surface area contributed by atoms with E-state index in [1.807, 2.05) is 30.3 Å². The number of likely N-dealkylation sites (N-methyl/N-ethyl adjacent to an activating group) is 1. The third kappa shape index (κ3) is 3.26. The molecule has 0 aliphatic heterocycles. The molecule has 102 valence electrons. The van der Waals surface area contributed by atoms with Gasteiger partial charge in [-0.2, -0.15) is 13.2 Å². The van der Waals surface area contributed by atoms with E-state index in [-0.39, 0.29) is 6.42 Å². The van der Waals surface area contributed by atoms with Gasteiger partial charge in [0.25, 0.3) is 0 Å². The van der Waals surface area contributed by atoms with Crippen LogP contribution in [0.2, 0.25) is 0 Å². The van der Waals surface area contributed by atoms with E-state index in [9.17, 15) is 13.2 Å². The zero-order valence-electron chi connectivity index (χ0n) is 10.7. The van der Waals surface area contributed by atoms with Crippen molar-refractivity contribution in [3.63, 3.8) is 0 Å². The largest absolute Gasteiger partial charge is 0.404 e. The van der Waals surface area contributed by atoms with Gasteiger partial charge < -0.3 is 5.32 Å². The van der Waals surface area contributed by atoms with Gasteiger partial charge in [-0.1, -0.05) is 49.4 Å². The Kier molecular flexibility index (Phi) is 4.10. The smallest absolute Gasteiger partial charge is 0.306 e. The van der Waals surface area contributed by atoms with Crippen LogP contribution in [0.25, 0.3) is 10.8 Å². The van der Waals surface area contributed by atoms with Crippen LogP contribution in [0, 0.1) is 0 Å². The third-order valence-electron chi connectivity index (χ3n) is 3.15. The van der Waals surface area contributed by atoms with E-state index in [0.29, 0.717) is 6.54 Å². The predicted molar refractivity (Wildman–Crippen MR) is 71.2 cm³/mol. The van der Waals surface area contributed by atoms with Crippen LogP contribution in [0.15, 0.2) is 42.5 Å². The van der Waals surface area contributed by atoms with Crippen molar-refractivity contribution < 1.29 is 13.2 Å². The maximum atomic E-state index is 12.9.